The summed E-state index contributed by atoms with van der Waals surface area (Å²) in [6.07, 6.45) is 3.17. The van der Waals surface area contributed by atoms with E-state index in [2.05, 4.69) is 10.3 Å². The Labute approximate surface area is 161 Å². The Balaban J connectivity index is 1.75. The third kappa shape index (κ3) is 3.48. The van der Waals surface area contributed by atoms with Gasteiger partial charge in [-0.15, -0.1) is 0 Å². The molecular weight excluding hydrogens is 354 g/mol. The van der Waals surface area contributed by atoms with Gasteiger partial charge in [0.1, 0.15) is 17.3 Å². The molecule has 0 saturated heterocycles. The summed E-state index contributed by atoms with van der Waals surface area (Å²) in [7, 11) is 0. The third-order valence-electron chi connectivity index (χ3n) is 4.16. The highest BCUT2D eigenvalue weighted by Crippen LogP contribution is 2.28. The van der Waals surface area contributed by atoms with Gasteiger partial charge in [0.05, 0.1) is 12.0 Å². The monoisotopic (exact) mass is 371 g/mol. The van der Waals surface area contributed by atoms with E-state index in [1.54, 1.807) is 53.6 Å². The van der Waals surface area contributed by atoms with Crippen LogP contribution in [0.2, 0.25) is 0 Å². The first-order chi connectivity index (χ1) is 13.6. The van der Waals surface area contributed by atoms with Gasteiger partial charge in [-0.2, -0.15) is 0 Å². The molecular formula is C22H17N3O3. The van der Waals surface area contributed by atoms with Crippen LogP contribution >= 0.6 is 0 Å². The van der Waals surface area contributed by atoms with Gasteiger partial charge in [-0.25, -0.2) is 4.99 Å². The Hall–Kier alpha value is -3.93. The van der Waals surface area contributed by atoms with Crippen LogP contribution in [0.25, 0.3) is 6.08 Å². The minimum atomic E-state index is -0.248. The SMILES string of the molecule is CC(=O)Nc1ccc(N2C(=O)C(=Cc3ccco3)N=C2c2ccccc2)cc1. The first-order valence-electron chi connectivity index (χ1n) is 8.73. The van der Waals surface area contributed by atoms with Crippen LogP contribution in [0.1, 0.15) is 18.2 Å². The number of anilines is 2. The maximum absolute atomic E-state index is 13.1. The lowest BCUT2D eigenvalue weighted by molar-refractivity contribution is -0.114. The number of nitrogens with zero attached hydrogens (tertiary/aromatic N) is 2. The highest BCUT2D eigenvalue weighted by Gasteiger charge is 2.32. The van der Waals surface area contributed by atoms with Crippen molar-refractivity contribution in [3.8, 4) is 0 Å². The van der Waals surface area contributed by atoms with Gasteiger partial charge in [0.2, 0.25) is 5.91 Å². The fraction of sp³-hybridized carbons (Fsp3) is 0.0455. The second-order valence-corrected chi connectivity index (χ2v) is 6.22. The number of amides is 2. The molecule has 138 valence electrons. The van der Waals surface area contributed by atoms with Gasteiger partial charge in [-0.3, -0.25) is 14.5 Å². The van der Waals surface area contributed by atoms with Crippen LogP contribution in [0.5, 0.6) is 0 Å². The molecule has 1 aromatic heterocycles. The standard InChI is InChI=1S/C22H17N3O3/c1-15(26)23-17-9-11-18(12-10-17)25-21(16-6-3-2-4-7-16)24-20(22(25)27)14-19-8-5-13-28-19/h2-14H,1H3,(H,23,26). The van der Waals surface area contributed by atoms with Gasteiger partial charge < -0.3 is 9.73 Å². The average Bonchev–Trinajstić information content (AvgIpc) is 3.32. The predicted octanol–water partition coefficient (Wildman–Crippen LogP) is 4.07. The first-order valence-corrected chi connectivity index (χ1v) is 8.73. The normalized spacial score (nSPS) is 15.0. The van der Waals surface area contributed by atoms with Crippen molar-refractivity contribution in [3.63, 3.8) is 0 Å². The first kappa shape index (κ1) is 17.5. The van der Waals surface area contributed by atoms with Crippen molar-refractivity contribution in [1.29, 1.82) is 0 Å². The van der Waals surface area contributed by atoms with Gasteiger partial charge in [0.15, 0.2) is 0 Å². The lowest BCUT2D eigenvalue weighted by Gasteiger charge is -2.19. The number of amidine groups is 1. The summed E-state index contributed by atoms with van der Waals surface area (Å²) < 4.78 is 5.32. The maximum Gasteiger partial charge on any atom is 0.282 e. The predicted molar refractivity (Wildman–Crippen MR) is 108 cm³/mol. The Morgan fingerprint density at radius 2 is 1.79 bits per heavy atom. The van der Waals surface area contributed by atoms with Crippen molar-refractivity contribution in [3.05, 3.63) is 90.0 Å². The van der Waals surface area contributed by atoms with Crippen LogP contribution in [0, 0.1) is 0 Å². The van der Waals surface area contributed by atoms with E-state index < -0.39 is 0 Å². The molecule has 0 bridgehead atoms. The van der Waals surface area contributed by atoms with Crippen LogP contribution < -0.4 is 10.2 Å². The molecule has 1 aliphatic rings. The quantitative estimate of drug-likeness (QED) is 0.703. The summed E-state index contributed by atoms with van der Waals surface area (Å²) >= 11 is 0. The largest absolute Gasteiger partial charge is 0.465 e. The molecule has 0 aliphatic carbocycles. The van der Waals surface area contributed by atoms with E-state index in [1.165, 1.54) is 6.92 Å². The summed E-state index contributed by atoms with van der Waals surface area (Å²) in [4.78, 5) is 30.5. The Morgan fingerprint density at radius 1 is 1.04 bits per heavy atom. The fourth-order valence-electron chi connectivity index (χ4n) is 2.94. The van der Waals surface area contributed by atoms with Crippen LogP contribution in [0.3, 0.4) is 0 Å². The molecule has 3 aromatic rings. The van der Waals surface area contributed by atoms with E-state index >= 15 is 0 Å². The number of nitrogens with one attached hydrogen (secondary N) is 1. The van der Waals surface area contributed by atoms with Crippen molar-refractivity contribution in [2.24, 2.45) is 4.99 Å². The second kappa shape index (κ2) is 7.36. The second-order valence-electron chi connectivity index (χ2n) is 6.22. The van der Waals surface area contributed by atoms with Crippen molar-refractivity contribution in [1.82, 2.24) is 0 Å². The Kier molecular flexibility index (Phi) is 4.60. The lowest BCUT2D eigenvalue weighted by atomic mass is 10.1. The maximum atomic E-state index is 13.1. The third-order valence-corrected chi connectivity index (χ3v) is 4.16. The van der Waals surface area contributed by atoms with E-state index in [4.69, 9.17) is 4.42 Å². The van der Waals surface area contributed by atoms with E-state index in [0.29, 0.717) is 28.7 Å². The number of hydrogen-bond donors (Lipinski definition) is 1. The number of rotatable bonds is 4. The van der Waals surface area contributed by atoms with Gasteiger partial charge >= 0.3 is 0 Å². The Bertz CT molecular complexity index is 1070. The van der Waals surface area contributed by atoms with Gasteiger partial charge in [0.25, 0.3) is 5.91 Å². The van der Waals surface area contributed by atoms with Crippen molar-refractivity contribution < 1.29 is 14.0 Å². The van der Waals surface area contributed by atoms with Gasteiger partial charge in [-0.1, -0.05) is 30.3 Å². The number of aliphatic imine (C=N–C) groups is 1. The molecule has 0 unspecified atom stereocenters. The van der Waals surface area contributed by atoms with Gasteiger partial charge in [0, 0.05) is 24.3 Å². The van der Waals surface area contributed by atoms with Crippen LogP contribution in [0.15, 0.2) is 88.1 Å². The molecule has 2 heterocycles. The van der Waals surface area contributed by atoms with Crippen LogP contribution in [-0.2, 0) is 9.59 Å². The molecule has 0 spiro atoms. The number of furan rings is 1. The molecule has 0 atom stereocenters. The summed E-state index contributed by atoms with van der Waals surface area (Å²) in [5.41, 5.74) is 2.43. The molecule has 0 saturated carbocycles. The minimum absolute atomic E-state index is 0.153. The molecule has 0 radical (unpaired) electrons. The molecule has 6 nitrogen and oxygen atoms in total. The number of hydrogen-bond acceptors (Lipinski definition) is 4. The zero-order valence-corrected chi connectivity index (χ0v) is 15.1. The van der Waals surface area contributed by atoms with E-state index in [1.807, 2.05) is 30.3 Å². The zero-order valence-electron chi connectivity index (χ0n) is 15.1. The molecule has 2 aromatic carbocycles. The van der Waals surface area contributed by atoms with Crippen molar-refractivity contribution in [2.75, 3.05) is 10.2 Å². The van der Waals surface area contributed by atoms with E-state index in [9.17, 15) is 9.59 Å². The number of carbonyl (C=O) groups excluding carboxylic acids is 2. The molecule has 2 amide bonds. The summed E-state index contributed by atoms with van der Waals surface area (Å²) in [5, 5.41) is 2.72. The van der Waals surface area contributed by atoms with E-state index in [-0.39, 0.29) is 11.8 Å². The Morgan fingerprint density at radius 3 is 2.43 bits per heavy atom. The molecule has 28 heavy (non-hydrogen) atoms. The topological polar surface area (TPSA) is 74.9 Å². The minimum Gasteiger partial charge on any atom is -0.465 e. The highest BCUT2D eigenvalue weighted by molar-refractivity contribution is 6.33. The van der Waals surface area contributed by atoms with Crippen molar-refractivity contribution in [2.45, 2.75) is 6.92 Å². The smallest absolute Gasteiger partial charge is 0.282 e. The lowest BCUT2D eigenvalue weighted by Crippen LogP contribution is -2.32. The summed E-state index contributed by atoms with van der Waals surface area (Å²) in [6.45, 7) is 1.45. The van der Waals surface area contributed by atoms with Gasteiger partial charge in [-0.05, 0) is 36.4 Å². The zero-order chi connectivity index (χ0) is 19.5. The molecule has 4 rings (SSSR count). The van der Waals surface area contributed by atoms with Crippen molar-refractivity contribution >= 4 is 35.1 Å². The molecule has 0 fully saturated rings. The molecule has 1 aliphatic heterocycles. The molecule has 6 heteroatoms. The van der Waals surface area contributed by atoms with Crippen LogP contribution in [-0.4, -0.2) is 17.6 Å². The number of carbonyl (C=O) groups is 2. The highest BCUT2D eigenvalue weighted by atomic mass is 16.3. The average molecular weight is 371 g/mol. The van der Waals surface area contributed by atoms with E-state index in [0.717, 1.165) is 5.56 Å². The fourth-order valence-corrected chi connectivity index (χ4v) is 2.94. The summed E-state index contributed by atoms with van der Waals surface area (Å²) in [6, 6.07) is 20.1. The molecule has 1 N–H and O–H groups in total. The summed E-state index contributed by atoms with van der Waals surface area (Å²) in [5.74, 6) is 0.695. The number of benzene rings is 2. The van der Waals surface area contributed by atoms with Crippen LogP contribution in [0.4, 0.5) is 11.4 Å².